The van der Waals surface area contributed by atoms with Crippen molar-refractivity contribution < 1.29 is 9.53 Å². The topological polar surface area (TPSA) is 76.1 Å². The summed E-state index contributed by atoms with van der Waals surface area (Å²) >= 11 is 0. The molecule has 6 heteroatoms. The Hall–Kier alpha value is -3.41. The zero-order chi connectivity index (χ0) is 18.4. The average Bonchev–Trinajstić information content (AvgIpc) is 2.68. The van der Waals surface area contributed by atoms with E-state index >= 15 is 0 Å². The average molecular weight is 348 g/mol. The number of aryl methyl sites for hydroxylation is 1. The maximum Gasteiger partial charge on any atom is 0.339 e. The van der Waals surface area contributed by atoms with Gasteiger partial charge in [-0.2, -0.15) is 4.98 Å². The Kier molecular flexibility index (Phi) is 5.43. The van der Waals surface area contributed by atoms with Gasteiger partial charge in [-0.05, 0) is 36.2 Å². The van der Waals surface area contributed by atoms with Crippen LogP contribution in [0.4, 0.5) is 23.1 Å². The highest BCUT2D eigenvalue weighted by molar-refractivity contribution is 5.96. The number of ether oxygens (including phenoxy) is 1. The number of methoxy groups -OCH3 is 1. The molecule has 3 aromatic rings. The van der Waals surface area contributed by atoms with Crippen LogP contribution in [0.5, 0.6) is 0 Å². The second-order valence-electron chi connectivity index (χ2n) is 5.56. The van der Waals surface area contributed by atoms with Gasteiger partial charge in [0.1, 0.15) is 5.82 Å². The van der Waals surface area contributed by atoms with E-state index in [1.165, 1.54) is 12.7 Å². The minimum absolute atomic E-state index is 0.389. The highest BCUT2D eigenvalue weighted by Crippen LogP contribution is 2.23. The van der Waals surface area contributed by atoms with Crippen molar-refractivity contribution in [2.75, 3.05) is 17.7 Å². The summed E-state index contributed by atoms with van der Waals surface area (Å²) in [7, 11) is 1.35. The first-order valence-electron chi connectivity index (χ1n) is 8.33. The second-order valence-corrected chi connectivity index (χ2v) is 5.56. The number of esters is 1. The summed E-state index contributed by atoms with van der Waals surface area (Å²) in [4.78, 5) is 20.6. The van der Waals surface area contributed by atoms with E-state index in [9.17, 15) is 4.79 Å². The van der Waals surface area contributed by atoms with Gasteiger partial charge in [0.2, 0.25) is 5.95 Å². The number of para-hydroxylation sites is 2. The van der Waals surface area contributed by atoms with Crippen molar-refractivity contribution >= 4 is 29.1 Å². The molecule has 0 unspecified atom stereocenters. The molecule has 0 atom stereocenters. The summed E-state index contributed by atoms with van der Waals surface area (Å²) < 4.78 is 4.81. The first-order valence-corrected chi connectivity index (χ1v) is 8.33. The highest BCUT2D eigenvalue weighted by Gasteiger charge is 2.12. The molecule has 0 saturated carbocycles. The van der Waals surface area contributed by atoms with Gasteiger partial charge in [-0.15, -0.1) is 0 Å². The van der Waals surface area contributed by atoms with Gasteiger partial charge in [0.05, 0.1) is 18.4 Å². The first-order chi connectivity index (χ1) is 12.7. The molecule has 0 aliphatic rings. The Morgan fingerprint density at radius 1 is 1.00 bits per heavy atom. The van der Waals surface area contributed by atoms with Crippen molar-refractivity contribution in [2.45, 2.75) is 13.3 Å². The number of rotatable bonds is 6. The quantitative estimate of drug-likeness (QED) is 0.646. The Bertz CT molecular complexity index is 912. The molecular formula is C20H20N4O2. The molecule has 0 amide bonds. The molecule has 0 saturated heterocycles. The van der Waals surface area contributed by atoms with Crippen LogP contribution in [-0.2, 0) is 11.2 Å². The lowest BCUT2D eigenvalue weighted by molar-refractivity contribution is 0.0602. The maximum absolute atomic E-state index is 11.9. The lowest BCUT2D eigenvalue weighted by atomic mass is 10.1. The molecule has 132 valence electrons. The fraction of sp³-hybridized carbons (Fsp3) is 0.150. The number of hydrogen-bond acceptors (Lipinski definition) is 6. The third-order valence-electron chi connectivity index (χ3n) is 3.90. The van der Waals surface area contributed by atoms with Gasteiger partial charge in [-0.25, -0.2) is 9.78 Å². The van der Waals surface area contributed by atoms with E-state index in [2.05, 4.69) is 33.6 Å². The summed E-state index contributed by atoms with van der Waals surface area (Å²) in [5.41, 5.74) is 3.23. The van der Waals surface area contributed by atoms with Gasteiger partial charge in [0, 0.05) is 11.9 Å². The zero-order valence-electron chi connectivity index (χ0n) is 14.7. The molecule has 0 aliphatic carbocycles. The molecule has 1 heterocycles. The van der Waals surface area contributed by atoms with E-state index in [0.717, 1.165) is 12.1 Å². The predicted molar refractivity (Wildman–Crippen MR) is 102 cm³/mol. The lowest BCUT2D eigenvalue weighted by Crippen LogP contribution is -2.07. The van der Waals surface area contributed by atoms with Crippen LogP contribution in [0.15, 0.2) is 60.8 Å². The number of carbonyl (C=O) groups is 1. The van der Waals surface area contributed by atoms with Crippen LogP contribution in [0.1, 0.15) is 22.8 Å². The molecular weight excluding hydrogens is 328 g/mol. The molecule has 2 N–H and O–H groups in total. The number of carbonyl (C=O) groups excluding carboxylic acids is 1. The van der Waals surface area contributed by atoms with Crippen molar-refractivity contribution in [3.8, 4) is 0 Å². The third kappa shape index (κ3) is 3.97. The van der Waals surface area contributed by atoms with E-state index in [0.29, 0.717) is 23.0 Å². The normalized spacial score (nSPS) is 10.2. The monoisotopic (exact) mass is 348 g/mol. The van der Waals surface area contributed by atoms with E-state index in [4.69, 9.17) is 4.74 Å². The van der Waals surface area contributed by atoms with Gasteiger partial charge < -0.3 is 15.4 Å². The Morgan fingerprint density at radius 3 is 2.50 bits per heavy atom. The van der Waals surface area contributed by atoms with Gasteiger partial charge in [-0.1, -0.05) is 37.3 Å². The largest absolute Gasteiger partial charge is 0.465 e. The van der Waals surface area contributed by atoms with Crippen LogP contribution in [0.2, 0.25) is 0 Å². The van der Waals surface area contributed by atoms with Crippen molar-refractivity contribution in [2.24, 2.45) is 0 Å². The lowest BCUT2D eigenvalue weighted by Gasteiger charge is -2.12. The van der Waals surface area contributed by atoms with Gasteiger partial charge >= 0.3 is 5.97 Å². The molecule has 0 fully saturated rings. The van der Waals surface area contributed by atoms with Crippen molar-refractivity contribution in [3.05, 3.63) is 71.9 Å². The Balaban J connectivity index is 1.84. The minimum Gasteiger partial charge on any atom is -0.465 e. The van der Waals surface area contributed by atoms with Crippen molar-refractivity contribution in [3.63, 3.8) is 0 Å². The Labute approximate surface area is 152 Å². The standard InChI is InChI=1S/C20H20N4O2/c1-3-14-8-4-6-10-16(14)22-18-12-13-21-20(24-18)23-17-11-7-5-9-15(17)19(25)26-2/h4-13H,3H2,1-2H3,(H2,21,22,23,24). The third-order valence-corrected chi connectivity index (χ3v) is 3.90. The highest BCUT2D eigenvalue weighted by atomic mass is 16.5. The fourth-order valence-electron chi connectivity index (χ4n) is 2.58. The molecule has 6 nitrogen and oxygen atoms in total. The Morgan fingerprint density at radius 2 is 1.73 bits per heavy atom. The number of nitrogens with zero attached hydrogens (tertiary/aromatic N) is 2. The summed E-state index contributed by atoms with van der Waals surface area (Å²) in [6.07, 6.45) is 2.58. The van der Waals surface area contributed by atoms with Crippen LogP contribution < -0.4 is 10.6 Å². The van der Waals surface area contributed by atoms with Crippen molar-refractivity contribution in [1.29, 1.82) is 0 Å². The molecule has 0 radical (unpaired) electrons. The fourth-order valence-corrected chi connectivity index (χ4v) is 2.58. The van der Waals surface area contributed by atoms with Crippen LogP contribution in [0, 0.1) is 0 Å². The number of anilines is 4. The van der Waals surface area contributed by atoms with Gasteiger partial charge in [-0.3, -0.25) is 0 Å². The predicted octanol–water partition coefficient (Wildman–Crippen LogP) is 4.31. The van der Waals surface area contributed by atoms with Crippen LogP contribution in [0.25, 0.3) is 0 Å². The molecule has 3 rings (SSSR count). The number of benzene rings is 2. The van der Waals surface area contributed by atoms with E-state index < -0.39 is 5.97 Å². The summed E-state index contributed by atoms with van der Waals surface area (Å²) in [6, 6.07) is 17.0. The maximum atomic E-state index is 11.9. The molecule has 0 aliphatic heterocycles. The number of nitrogens with one attached hydrogen (secondary N) is 2. The molecule has 0 spiro atoms. The zero-order valence-corrected chi connectivity index (χ0v) is 14.7. The first kappa shape index (κ1) is 17.4. The van der Waals surface area contributed by atoms with Gasteiger partial charge in [0.15, 0.2) is 0 Å². The minimum atomic E-state index is -0.417. The van der Waals surface area contributed by atoms with Crippen molar-refractivity contribution in [1.82, 2.24) is 9.97 Å². The summed E-state index contributed by atoms with van der Waals surface area (Å²) in [6.45, 7) is 2.11. The molecule has 1 aromatic heterocycles. The summed E-state index contributed by atoms with van der Waals surface area (Å²) in [5.74, 6) is 0.638. The number of aromatic nitrogens is 2. The van der Waals surface area contributed by atoms with E-state index in [1.807, 2.05) is 24.3 Å². The smallest absolute Gasteiger partial charge is 0.339 e. The molecule has 0 bridgehead atoms. The van der Waals surface area contributed by atoms with Crippen LogP contribution in [-0.4, -0.2) is 23.0 Å². The van der Waals surface area contributed by atoms with E-state index in [-0.39, 0.29) is 0 Å². The molecule has 26 heavy (non-hydrogen) atoms. The second kappa shape index (κ2) is 8.11. The van der Waals surface area contributed by atoms with Crippen LogP contribution >= 0.6 is 0 Å². The van der Waals surface area contributed by atoms with Crippen LogP contribution in [0.3, 0.4) is 0 Å². The van der Waals surface area contributed by atoms with Gasteiger partial charge in [0.25, 0.3) is 0 Å². The summed E-state index contributed by atoms with van der Waals surface area (Å²) in [5, 5.41) is 6.39. The molecule has 2 aromatic carbocycles. The SMILES string of the molecule is CCc1ccccc1Nc1ccnc(Nc2ccccc2C(=O)OC)n1. The number of hydrogen-bond donors (Lipinski definition) is 2. The van der Waals surface area contributed by atoms with E-state index in [1.54, 1.807) is 30.5 Å².